The van der Waals surface area contributed by atoms with Crippen LogP contribution in [0.4, 0.5) is 13.2 Å². The van der Waals surface area contributed by atoms with Gasteiger partial charge in [0.2, 0.25) is 0 Å². The molecule has 2 heterocycles. The summed E-state index contributed by atoms with van der Waals surface area (Å²) >= 11 is 0. The fourth-order valence-corrected chi connectivity index (χ4v) is 4.96. The number of quaternary nitrogens is 1. The lowest BCUT2D eigenvalue weighted by molar-refractivity contribution is -0.692. The van der Waals surface area contributed by atoms with Crippen LogP contribution in [0.25, 0.3) is 10.9 Å². The average molecular weight is 453 g/mol. The van der Waals surface area contributed by atoms with E-state index in [0.29, 0.717) is 18.0 Å². The van der Waals surface area contributed by atoms with E-state index in [4.69, 9.17) is 9.47 Å². The number of H-pyrrole nitrogens is 1. The van der Waals surface area contributed by atoms with Crippen LogP contribution < -0.4 is 14.8 Å². The Balaban J connectivity index is 1.65. The van der Waals surface area contributed by atoms with Gasteiger partial charge in [-0.2, -0.15) is 13.2 Å². The largest absolute Gasteiger partial charge is 0.493 e. The fraction of sp³-hybridized carbons (Fsp3) is 0.231. The minimum atomic E-state index is -4.35. The molecule has 1 aliphatic heterocycles. The molecule has 2 atom stereocenters. The van der Waals surface area contributed by atoms with Crippen LogP contribution in [0.5, 0.6) is 11.5 Å². The van der Waals surface area contributed by atoms with Gasteiger partial charge >= 0.3 is 6.18 Å². The number of nitrogens with one attached hydrogen (secondary N) is 1. The molecule has 3 aromatic carbocycles. The molecule has 4 nitrogen and oxygen atoms in total. The number of aromatic amines is 1. The van der Waals surface area contributed by atoms with E-state index in [0.717, 1.165) is 45.4 Å². The number of methoxy groups -OCH3 is 2. The molecule has 0 aliphatic carbocycles. The molecule has 1 aromatic heterocycles. The minimum Gasteiger partial charge on any atom is -0.493 e. The smallest absolute Gasteiger partial charge is 0.416 e. The van der Waals surface area contributed by atoms with Crippen LogP contribution in [0.15, 0.2) is 66.7 Å². The Morgan fingerprint density at radius 1 is 0.909 bits per heavy atom. The van der Waals surface area contributed by atoms with Crippen LogP contribution in [0.3, 0.4) is 0 Å². The van der Waals surface area contributed by atoms with Gasteiger partial charge in [0.15, 0.2) is 17.5 Å². The Bertz CT molecular complexity index is 1300. The lowest BCUT2D eigenvalue weighted by Gasteiger charge is -2.29. The third-order valence-electron chi connectivity index (χ3n) is 6.45. The summed E-state index contributed by atoms with van der Waals surface area (Å²) < 4.78 is 50.5. The highest BCUT2D eigenvalue weighted by Gasteiger charge is 2.38. The van der Waals surface area contributed by atoms with Crippen LogP contribution in [-0.2, 0) is 6.18 Å². The Morgan fingerprint density at radius 2 is 1.67 bits per heavy atom. The maximum absolute atomic E-state index is 13.1. The summed E-state index contributed by atoms with van der Waals surface area (Å²) in [5, 5.41) is 3.27. The molecular weight excluding hydrogens is 429 g/mol. The monoisotopic (exact) mass is 453 g/mol. The van der Waals surface area contributed by atoms with Gasteiger partial charge in [-0.25, -0.2) is 0 Å². The molecule has 0 fully saturated rings. The van der Waals surface area contributed by atoms with Crippen molar-refractivity contribution < 1.29 is 28.0 Å². The number of fused-ring (bicyclic) bond motifs is 3. The van der Waals surface area contributed by atoms with Gasteiger partial charge in [0.1, 0.15) is 0 Å². The zero-order valence-corrected chi connectivity index (χ0v) is 18.2. The normalized spacial score (nSPS) is 18.2. The number of benzene rings is 3. The molecule has 0 saturated carbocycles. The van der Waals surface area contributed by atoms with Gasteiger partial charge in [-0.05, 0) is 24.3 Å². The number of nitrogens with two attached hydrogens (primary N) is 1. The van der Waals surface area contributed by atoms with Crippen molar-refractivity contribution in [2.75, 3.05) is 20.8 Å². The van der Waals surface area contributed by atoms with Crippen molar-refractivity contribution in [1.82, 2.24) is 4.98 Å². The zero-order valence-electron chi connectivity index (χ0n) is 18.2. The first-order chi connectivity index (χ1) is 15.9. The number of para-hydroxylation sites is 2. The van der Waals surface area contributed by atoms with Gasteiger partial charge in [0.25, 0.3) is 0 Å². The predicted octanol–water partition coefficient (Wildman–Crippen LogP) is 5.00. The zero-order chi connectivity index (χ0) is 23.2. The number of rotatable bonds is 4. The first-order valence-corrected chi connectivity index (χ1v) is 10.7. The van der Waals surface area contributed by atoms with Crippen molar-refractivity contribution in [3.05, 3.63) is 94.7 Å². The Morgan fingerprint density at radius 3 is 2.36 bits per heavy atom. The average Bonchev–Trinajstić information content (AvgIpc) is 3.22. The van der Waals surface area contributed by atoms with E-state index >= 15 is 0 Å². The molecular formula is C26H24F3N2O2+. The van der Waals surface area contributed by atoms with E-state index in [1.54, 1.807) is 26.4 Å². The molecule has 0 spiro atoms. The summed E-state index contributed by atoms with van der Waals surface area (Å²) in [7, 11) is 3.25. The van der Waals surface area contributed by atoms with Crippen LogP contribution in [0, 0.1) is 0 Å². The first-order valence-electron chi connectivity index (χ1n) is 10.7. The maximum Gasteiger partial charge on any atom is 0.416 e. The maximum atomic E-state index is 13.1. The molecule has 3 N–H and O–H groups in total. The fourth-order valence-electron chi connectivity index (χ4n) is 4.96. The molecule has 1 aliphatic rings. The molecule has 4 aromatic rings. The van der Waals surface area contributed by atoms with E-state index in [2.05, 4.69) is 16.4 Å². The van der Waals surface area contributed by atoms with Crippen LogP contribution in [0.2, 0.25) is 0 Å². The lowest BCUT2D eigenvalue weighted by Crippen LogP contribution is -2.88. The number of ether oxygens (including phenoxy) is 2. The van der Waals surface area contributed by atoms with E-state index in [1.165, 1.54) is 0 Å². The topological polar surface area (TPSA) is 50.9 Å². The van der Waals surface area contributed by atoms with E-state index < -0.39 is 11.7 Å². The molecule has 170 valence electrons. The van der Waals surface area contributed by atoms with Crippen LogP contribution in [-0.4, -0.2) is 25.7 Å². The van der Waals surface area contributed by atoms with E-state index in [9.17, 15) is 13.2 Å². The third kappa shape index (κ3) is 3.62. The van der Waals surface area contributed by atoms with Crippen molar-refractivity contribution in [1.29, 1.82) is 0 Å². The highest BCUT2D eigenvalue weighted by molar-refractivity contribution is 5.86. The predicted molar refractivity (Wildman–Crippen MR) is 120 cm³/mol. The highest BCUT2D eigenvalue weighted by atomic mass is 19.4. The standard InChI is InChI=1S/C26H23F3N2O2/c1-32-21-9-5-7-17(25(21)33-2)19-14-30-23(15-10-12-16(13-11-15)26(27,28)29)24-22(19)18-6-3-4-8-20(18)31-24/h3-13,19,23,30-31H,14H2,1-2H3/p+1/t19-,23+/m1/s1. The van der Waals surface area contributed by atoms with E-state index in [-0.39, 0.29) is 12.0 Å². The Hall–Kier alpha value is -3.45. The molecule has 0 radical (unpaired) electrons. The van der Waals surface area contributed by atoms with Gasteiger partial charge in [0.05, 0.1) is 37.9 Å². The van der Waals surface area contributed by atoms with Crippen molar-refractivity contribution in [2.24, 2.45) is 0 Å². The molecule has 5 rings (SSSR count). The first kappa shape index (κ1) is 21.4. The summed E-state index contributed by atoms with van der Waals surface area (Å²) in [5.74, 6) is 1.38. The Kier molecular flexibility index (Phi) is 5.29. The number of hydrogen-bond donors (Lipinski definition) is 2. The van der Waals surface area contributed by atoms with Crippen LogP contribution >= 0.6 is 0 Å². The third-order valence-corrected chi connectivity index (χ3v) is 6.45. The summed E-state index contributed by atoms with van der Waals surface area (Å²) in [6, 6.07) is 19.3. The van der Waals surface area contributed by atoms with Crippen molar-refractivity contribution >= 4 is 10.9 Å². The summed E-state index contributed by atoms with van der Waals surface area (Å²) in [6.45, 7) is 0.712. The summed E-state index contributed by atoms with van der Waals surface area (Å²) in [6.07, 6.45) is -4.35. The lowest BCUT2D eigenvalue weighted by atomic mass is 9.82. The van der Waals surface area contributed by atoms with Crippen molar-refractivity contribution in [2.45, 2.75) is 18.1 Å². The second kappa shape index (κ2) is 8.15. The highest BCUT2D eigenvalue weighted by Crippen LogP contribution is 2.44. The van der Waals surface area contributed by atoms with E-state index in [1.807, 2.05) is 36.4 Å². The molecule has 0 unspecified atom stereocenters. The van der Waals surface area contributed by atoms with Crippen molar-refractivity contribution in [3.63, 3.8) is 0 Å². The number of halogens is 3. The second-order valence-electron chi connectivity index (χ2n) is 8.20. The quantitative estimate of drug-likeness (QED) is 0.457. The second-order valence-corrected chi connectivity index (χ2v) is 8.20. The molecule has 0 amide bonds. The van der Waals surface area contributed by atoms with Gasteiger partial charge in [0, 0.05) is 27.6 Å². The minimum absolute atomic E-state index is 0.0203. The van der Waals surface area contributed by atoms with Gasteiger partial charge in [-0.1, -0.05) is 42.5 Å². The molecule has 7 heteroatoms. The molecule has 33 heavy (non-hydrogen) atoms. The SMILES string of the molecule is COc1cccc([C@H]2C[NH2+][C@@H](c3ccc(C(F)(F)F)cc3)c3[nH]c4ccccc4c32)c1OC. The van der Waals surface area contributed by atoms with Gasteiger partial charge in [-0.15, -0.1) is 0 Å². The molecule has 0 saturated heterocycles. The summed E-state index contributed by atoms with van der Waals surface area (Å²) in [4.78, 5) is 3.55. The van der Waals surface area contributed by atoms with Crippen molar-refractivity contribution in [3.8, 4) is 11.5 Å². The number of alkyl halides is 3. The van der Waals surface area contributed by atoms with Gasteiger partial charge < -0.3 is 19.8 Å². The van der Waals surface area contributed by atoms with Crippen LogP contribution in [0.1, 0.15) is 39.9 Å². The Labute approximate surface area is 189 Å². The van der Waals surface area contributed by atoms with Gasteiger partial charge in [-0.3, -0.25) is 0 Å². The number of hydrogen-bond acceptors (Lipinski definition) is 2. The number of aromatic nitrogens is 1. The molecule has 0 bridgehead atoms. The summed E-state index contributed by atoms with van der Waals surface area (Å²) in [5.41, 5.74) is 4.35.